The Kier molecular flexibility index (Phi) is 7.09. The molecule has 0 saturated carbocycles. The number of thiophene rings is 1. The number of nitrogens with zero attached hydrogens (tertiary/aromatic N) is 2. The van der Waals surface area contributed by atoms with Crippen molar-refractivity contribution in [1.29, 1.82) is 0 Å². The summed E-state index contributed by atoms with van der Waals surface area (Å²) in [6.07, 6.45) is 0.00212. The summed E-state index contributed by atoms with van der Waals surface area (Å²) in [4.78, 5) is 41.4. The molecule has 2 amide bonds. The van der Waals surface area contributed by atoms with E-state index < -0.39 is 18.5 Å². The zero-order valence-corrected chi connectivity index (χ0v) is 17.4. The van der Waals surface area contributed by atoms with Crippen LogP contribution in [-0.4, -0.2) is 53.4 Å². The molecule has 2 aromatic heterocycles. The van der Waals surface area contributed by atoms with Gasteiger partial charge >= 0.3 is 5.97 Å². The van der Waals surface area contributed by atoms with Gasteiger partial charge in [-0.3, -0.25) is 14.4 Å². The van der Waals surface area contributed by atoms with Gasteiger partial charge in [0.2, 0.25) is 5.91 Å². The minimum Gasteiger partial charge on any atom is -0.455 e. The van der Waals surface area contributed by atoms with Crippen LogP contribution in [0.2, 0.25) is 0 Å². The molecule has 0 bridgehead atoms. The van der Waals surface area contributed by atoms with E-state index in [1.165, 1.54) is 23.3 Å². The maximum absolute atomic E-state index is 12.0. The number of hydrogen-bond acceptors (Lipinski definition) is 7. The number of aromatic nitrogens is 1. The molecule has 0 aliphatic heterocycles. The van der Waals surface area contributed by atoms with Crippen LogP contribution in [0.4, 0.5) is 0 Å². The third-order valence-electron chi connectivity index (χ3n) is 3.32. The van der Waals surface area contributed by atoms with Crippen LogP contribution >= 0.6 is 22.7 Å². The van der Waals surface area contributed by atoms with Crippen LogP contribution in [0.25, 0.3) is 10.6 Å². The number of hydrogen-bond donors (Lipinski definition) is 1. The van der Waals surface area contributed by atoms with Gasteiger partial charge in [0.1, 0.15) is 5.01 Å². The quantitative estimate of drug-likeness (QED) is 0.709. The molecule has 2 aromatic rings. The first-order valence-electron chi connectivity index (χ1n) is 8.31. The van der Waals surface area contributed by atoms with Crippen molar-refractivity contribution >= 4 is 40.5 Å². The number of amides is 2. The van der Waals surface area contributed by atoms with E-state index in [4.69, 9.17) is 4.74 Å². The molecule has 1 N–H and O–H groups in total. The lowest BCUT2D eigenvalue weighted by molar-refractivity contribution is -0.151. The smallest absolute Gasteiger partial charge is 0.312 e. The maximum atomic E-state index is 12.0. The summed E-state index contributed by atoms with van der Waals surface area (Å²) in [5, 5.41) is 9.38. The van der Waals surface area contributed by atoms with Crippen molar-refractivity contribution in [3.63, 3.8) is 0 Å². The van der Waals surface area contributed by atoms with Gasteiger partial charge in [-0.05, 0) is 32.2 Å². The van der Waals surface area contributed by atoms with E-state index in [9.17, 15) is 14.4 Å². The normalized spacial score (nSPS) is 11.1. The molecule has 146 valence electrons. The van der Waals surface area contributed by atoms with Gasteiger partial charge in [-0.25, -0.2) is 4.98 Å². The average molecular weight is 410 g/mol. The summed E-state index contributed by atoms with van der Waals surface area (Å²) in [6, 6.07) is 1.97. The number of ether oxygens (including phenoxy) is 1. The van der Waals surface area contributed by atoms with Gasteiger partial charge in [0.15, 0.2) is 6.61 Å². The number of carbonyl (C=O) groups is 3. The van der Waals surface area contributed by atoms with Crippen molar-refractivity contribution in [2.45, 2.75) is 32.7 Å². The molecule has 2 rings (SSSR count). The molecule has 9 heteroatoms. The fourth-order valence-corrected chi connectivity index (χ4v) is 3.65. The zero-order valence-electron chi connectivity index (χ0n) is 15.8. The fraction of sp³-hybridized carbons (Fsp3) is 0.444. The summed E-state index contributed by atoms with van der Waals surface area (Å²) in [6.45, 7) is 5.08. The van der Waals surface area contributed by atoms with Gasteiger partial charge in [-0.1, -0.05) is 0 Å². The van der Waals surface area contributed by atoms with Gasteiger partial charge in [0.05, 0.1) is 18.7 Å². The summed E-state index contributed by atoms with van der Waals surface area (Å²) in [5.41, 5.74) is 1.26. The second-order valence-corrected chi connectivity index (χ2v) is 8.68. The predicted octanol–water partition coefficient (Wildman–Crippen LogP) is 2.33. The van der Waals surface area contributed by atoms with Crippen molar-refractivity contribution in [3.8, 4) is 10.6 Å². The molecule has 0 aromatic carbocycles. The maximum Gasteiger partial charge on any atom is 0.312 e. The van der Waals surface area contributed by atoms with Crippen molar-refractivity contribution in [1.82, 2.24) is 15.2 Å². The van der Waals surface area contributed by atoms with E-state index in [0.29, 0.717) is 5.69 Å². The Morgan fingerprint density at radius 2 is 2.00 bits per heavy atom. The molecule has 0 unspecified atom stereocenters. The van der Waals surface area contributed by atoms with Crippen LogP contribution in [0.3, 0.4) is 0 Å². The Bertz CT molecular complexity index is 794. The lowest BCUT2D eigenvalue weighted by Crippen LogP contribution is -2.46. The topological polar surface area (TPSA) is 88.6 Å². The van der Waals surface area contributed by atoms with E-state index in [-0.39, 0.29) is 24.4 Å². The molecule has 0 saturated heterocycles. The molecule has 0 aliphatic rings. The number of esters is 1. The highest BCUT2D eigenvalue weighted by Gasteiger charge is 2.19. The van der Waals surface area contributed by atoms with Crippen molar-refractivity contribution in [3.05, 3.63) is 27.9 Å². The fourth-order valence-electron chi connectivity index (χ4n) is 2.12. The number of nitrogens with one attached hydrogen (secondary N) is 1. The van der Waals surface area contributed by atoms with Crippen molar-refractivity contribution < 1.29 is 19.1 Å². The Morgan fingerprint density at radius 3 is 2.63 bits per heavy atom. The van der Waals surface area contributed by atoms with Crippen LogP contribution < -0.4 is 5.32 Å². The third kappa shape index (κ3) is 7.10. The van der Waals surface area contributed by atoms with Crippen molar-refractivity contribution in [2.24, 2.45) is 0 Å². The number of carbonyl (C=O) groups excluding carboxylic acids is 3. The van der Waals surface area contributed by atoms with Crippen LogP contribution in [0.5, 0.6) is 0 Å². The minimum absolute atomic E-state index is 0.00212. The van der Waals surface area contributed by atoms with Crippen LogP contribution in [0, 0.1) is 0 Å². The van der Waals surface area contributed by atoms with Gasteiger partial charge in [0, 0.05) is 28.9 Å². The molecular weight excluding hydrogens is 386 g/mol. The molecular formula is C18H23N3O4S2. The molecule has 0 fully saturated rings. The van der Waals surface area contributed by atoms with E-state index in [2.05, 4.69) is 10.3 Å². The summed E-state index contributed by atoms with van der Waals surface area (Å²) < 4.78 is 5.02. The highest BCUT2D eigenvalue weighted by atomic mass is 32.1. The number of likely N-dealkylation sites (N-methyl/N-ethyl adjacent to an activating group) is 1. The Morgan fingerprint density at radius 1 is 1.26 bits per heavy atom. The molecule has 0 spiro atoms. The largest absolute Gasteiger partial charge is 0.455 e. The Hall–Kier alpha value is -2.26. The van der Waals surface area contributed by atoms with Crippen LogP contribution in [-0.2, 0) is 25.5 Å². The molecule has 2 heterocycles. The second-order valence-electron chi connectivity index (χ2n) is 7.04. The van der Waals surface area contributed by atoms with E-state index >= 15 is 0 Å². The SMILES string of the molecule is CN(CC(=O)NC(C)(C)C)C(=O)COC(=O)Cc1csc(-c2ccsc2)n1. The minimum atomic E-state index is -0.530. The van der Waals surface area contributed by atoms with Crippen molar-refractivity contribution in [2.75, 3.05) is 20.2 Å². The third-order valence-corrected chi connectivity index (χ3v) is 4.95. The summed E-state index contributed by atoms with van der Waals surface area (Å²) in [7, 11) is 1.49. The molecule has 7 nitrogen and oxygen atoms in total. The predicted molar refractivity (Wildman–Crippen MR) is 106 cm³/mol. The first-order chi connectivity index (χ1) is 12.6. The van der Waals surface area contributed by atoms with E-state index in [1.807, 2.05) is 37.6 Å². The molecule has 0 atom stereocenters. The second kappa shape index (κ2) is 9.09. The van der Waals surface area contributed by atoms with E-state index in [1.54, 1.807) is 16.7 Å². The van der Waals surface area contributed by atoms with Gasteiger partial charge in [0.25, 0.3) is 5.91 Å². The lowest BCUT2D eigenvalue weighted by atomic mass is 10.1. The zero-order chi connectivity index (χ0) is 20.0. The number of thiazole rings is 1. The molecule has 0 radical (unpaired) electrons. The average Bonchev–Trinajstić information content (AvgIpc) is 3.21. The lowest BCUT2D eigenvalue weighted by Gasteiger charge is -2.23. The van der Waals surface area contributed by atoms with Crippen LogP contribution in [0.15, 0.2) is 22.2 Å². The van der Waals surface area contributed by atoms with Gasteiger partial charge in [-0.15, -0.1) is 11.3 Å². The standard InChI is InChI=1S/C18H23N3O4S2/c1-18(2,3)20-14(22)8-21(4)15(23)9-25-16(24)7-13-11-27-17(19-13)12-5-6-26-10-12/h5-6,10-11H,7-9H2,1-4H3,(H,20,22). The number of rotatable bonds is 7. The first-order valence-corrected chi connectivity index (χ1v) is 10.1. The highest BCUT2D eigenvalue weighted by molar-refractivity contribution is 7.14. The van der Waals surface area contributed by atoms with Crippen LogP contribution in [0.1, 0.15) is 26.5 Å². The molecule has 27 heavy (non-hydrogen) atoms. The van der Waals surface area contributed by atoms with Gasteiger partial charge < -0.3 is 15.0 Å². The van der Waals surface area contributed by atoms with E-state index in [0.717, 1.165) is 10.6 Å². The van der Waals surface area contributed by atoms with Gasteiger partial charge in [-0.2, -0.15) is 11.3 Å². The summed E-state index contributed by atoms with van der Waals surface area (Å²) in [5.74, 6) is -1.24. The monoisotopic (exact) mass is 409 g/mol. The Balaban J connectivity index is 1.76. The molecule has 0 aliphatic carbocycles. The highest BCUT2D eigenvalue weighted by Crippen LogP contribution is 2.25. The Labute approximate surface area is 166 Å². The summed E-state index contributed by atoms with van der Waals surface area (Å²) >= 11 is 3.04. The first kappa shape index (κ1) is 21.0.